The van der Waals surface area contributed by atoms with Gasteiger partial charge >= 0.3 is 0 Å². The highest BCUT2D eigenvalue weighted by Gasteiger charge is 2.23. The third-order valence-corrected chi connectivity index (χ3v) is 11.1. The minimum atomic E-state index is 0.539. The second kappa shape index (κ2) is 12.3. The summed E-state index contributed by atoms with van der Waals surface area (Å²) in [6.07, 6.45) is 7.60. The van der Waals surface area contributed by atoms with Gasteiger partial charge in [-0.2, -0.15) is 9.97 Å². The number of hydrogen-bond acceptors (Lipinski definition) is 5. The van der Waals surface area contributed by atoms with Crippen LogP contribution in [0.25, 0.3) is 106 Å². The third kappa shape index (κ3) is 4.71. The molecule has 0 spiro atoms. The first-order valence-electron chi connectivity index (χ1n) is 18.9. The highest BCUT2D eigenvalue weighted by Crippen LogP contribution is 2.39. The summed E-state index contributed by atoms with van der Waals surface area (Å²) >= 11 is 0. The van der Waals surface area contributed by atoms with Crippen molar-refractivity contribution in [2.45, 2.75) is 0 Å². The van der Waals surface area contributed by atoms with Gasteiger partial charge in [-0.15, -0.1) is 0 Å². The lowest BCUT2D eigenvalue weighted by molar-refractivity contribution is 0.951. The molecule has 0 radical (unpaired) electrons. The van der Waals surface area contributed by atoms with E-state index in [0.29, 0.717) is 17.6 Å². The Kier molecular flexibility index (Phi) is 6.76. The van der Waals surface area contributed by atoms with Gasteiger partial charge in [0.2, 0.25) is 5.95 Å². The lowest BCUT2D eigenvalue weighted by Crippen LogP contribution is -2.08. The number of para-hydroxylation sites is 4. The molecule has 6 aromatic heterocycles. The van der Waals surface area contributed by atoms with Crippen LogP contribution in [0.5, 0.6) is 0 Å². The summed E-state index contributed by atoms with van der Waals surface area (Å²) in [6.45, 7) is 0. The van der Waals surface area contributed by atoms with Crippen molar-refractivity contribution in [1.29, 1.82) is 0 Å². The van der Waals surface area contributed by atoms with E-state index in [0.717, 1.165) is 87.9 Å². The van der Waals surface area contributed by atoms with E-state index >= 15 is 0 Å². The molecule has 0 saturated carbocycles. The first kappa shape index (κ1) is 31.4. The van der Waals surface area contributed by atoms with E-state index in [1.807, 2.05) is 43.0 Å². The number of pyridine rings is 2. The predicted octanol–water partition coefficient (Wildman–Crippen LogP) is 11.3. The molecule has 12 rings (SSSR count). The van der Waals surface area contributed by atoms with Crippen molar-refractivity contribution < 1.29 is 0 Å². The molecule has 6 aromatic carbocycles. The topological polar surface area (TPSA) is 79.2 Å². The Morgan fingerprint density at radius 1 is 0.351 bits per heavy atom. The smallest absolute Gasteiger partial charge is 0.238 e. The van der Waals surface area contributed by atoms with E-state index in [9.17, 15) is 0 Å². The van der Waals surface area contributed by atoms with Gasteiger partial charge in [0.1, 0.15) is 0 Å². The number of benzene rings is 6. The Balaban J connectivity index is 1.22. The summed E-state index contributed by atoms with van der Waals surface area (Å²) in [5.41, 5.74) is 9.85. The van der Waals surface area contributed by atoms with Crippen LogP contribution in [0, 0.1) is 0 Å². The maximum Gasteiger partial charge on any atom is 0.238 e. The van der Waals surface area contributed by atoms with Gasteiger partial charge in [0, 0.05) is 61.5 Å². The number of nitrogens with zero attached hydrogens (tertiary/aromatic N) is 8. The van der Waals surface area contributed by atoms with Crippen molar-refractivity contribution >= 4 is 65.4 Å². The van der Waals surface area contributed by atoms with Gasteiger partial charge in [0.25, 0.3) is 0 Å². The lowest BCUT2D eigenvalue weighted by Gasteiger charge is -2.17. The number of rotatable bonds is 5. The molecule has 0 atom stereocenters. The van der Waals surface area contributed by atoms with E-state index in [4.69, 9.17) is 15.0 Å². The monoisotopic (exact) mass is 730 g/mol. The van der Waals surface area contributed by atoms with Gasteiger partial charge in [-0.1, -0.05) is 103 Å². The first-order chi connectivity index (χ1) is 28.3. The fraction of sp³-hybridized carbons (Fsp3) is 0. The quantitative estimate of drug-likeness (QED) is 0.176. The molecule has 6 heterocycles. The average molecular weight is 731 g/mol. The van der Waals surface area contributed by atoms with E-state index < -0.39 is 0 Å². The SMILES string of the molecule is c1ccc(-c2nc(-c3cc(-n4c5ccccc5c5ccncc54)ccc3-n3c4ccccc4c4ccncc43)nc(-n3c4ccccc4c4ccccc43)n2)cc1. The first-order valence-corrected chi connectivity index (χ1v) is 18.9. The molecule has 12 aromatic rings. The summed E-state index contributed by atoms with van der Waals surface area (Å²) in [5.74, 6) is 1.67. The second-order valence-electron chi connectivity index (χ2n) is 14.2. The summed E-state index contributed by atoms with van der Waals surface area (Å²) in [6, 6.07) is 54.8. The Bertz CT molecular complexity index is 3380. The highest BCUT2D eigenvalue weighted by molar-refractivity contribution is 6.11. The molecular weight excluding hydrogens is 701 g/mol. The Morgan fingerprint density at radius 3 is 1.42 bits per heavy atom. The van der Waals surface area contributed by atoms with E-state index in [-0.39, 0.29) is 0 Å². The van der Waals surface area contributed by atoms with Crippen LogP contribution >= 0.6 is 0 Å². The largest absolute Gasteiger partial charge is 0.308 e. The van der Waals surface area contributed by atoms with Crippen molar-refractivity contribution in [3.63, 3.8) is 0 Å². The summed E-state index contributed by atoms with van der Waals surface area (Å²) in [4.78, 5) is 25.2. The van der Waals surface area contributed by atoms with E-state index in [2.05, 4.69) is 163 Å². The molecule has 266 valence electrons. The molecule has 0 bridgehead atoms. The van der Waals surface area contributed by atoms with Crippen LogP contribution in [0.2, 0.25) is 0 Å². The molecule has 0 aliphatic rings. The molecule has 0 aliphatic heterocycles. The van der Waals surface area contributed by atoms with Crippen LogP contribution in [0.3, 0.4) is 0 Å². The second-order valence-corrected chi connectivity index (χ2v) is 14.2. The minimum Gasteiger partial charge on any atom is -0.308 e. The third-order valence-electron chi connectivity index (χ3n) is 11.1. The van der Waals surface area contributed by atoms with E-state index in [1.54, 1.807) is 0 Å². The highest BCUT2D eigenvalue weighted by atomic mass is 15.2. The van der Waals surface area contributed by atoms with Crippen LogP contribution < -0.4 is 0 Å². The van der Waals surface area contributed by atoms with Crippen LogP contribution in [0.15, 0.2) is 183 Å². The molecule has 0 unspecified atom stereocenters. The molecule has 0 fully saturated rings. The normalized spacial score (nSPS) is 11.9. The van der Waals surface area contributed by atoms with Crippen LogP contribution in [0.1, 0.15) is 0 Å². The number of fused-ring (bicyclic) bond motifs is 9. The van der Waals surface area contributed by atoms with Gasteiger partial charge in [0.15, 0.2) is 11.6 Å². The van der Waals surface area contributed by atoms with Gasteiger partial charge in [0.05, 0.1) is 51.2 Å². The summed E-state index contributed by atoms with van der Waals surface area (Å²) < 4.78 is 6.73. The number of aromatic nitrogens is 8. The fourth-order valence-electron chi connectivity index (χ4n) is 8.65. The number of hydrogen-bond donors (Lipinski definition) is 0. The zero-order valence-corrected chi connectivity index (χ0v) is 30.4. The molecule has 8 heteroatoms. The van der Waals surface area contributed by atoms with Gasteiger partial charge < -0.3 is 9.13 Å². The molecular formula is C49H30N8. The van der Waals surface area contributed by atoms with Crippen molar-refractivity contribution in [2.24, 2.45) is 0 Å². The maximum atomic E-state index is 5.44. The zero-order chi connectivity index (χ0) is 37.5. The molecule has 0 saturated heterocycles. The van der Waals surface area contributed by atoms with Gasteiger partial charge in [-0.3, -0.25) is 14.5 Å². The Hall–Kier alpha value is -7.97. The molecule has 0 N–H and O–H groups in total. The lowest BCUT2D eigenvalue weighted by atomic mass is 10.1. The van der Waals surface area contributed by atoms with Crippen LogP contribution in [-0.2, 0) is 0 Å². The standard InChI is InChI=1S/C49H30N8/c1-2-12-31(13-3-1)47-52-48(54-49(53-47)57-42-20-10-6-14-33(42)34-15-7-11-21-43(34)57)39-28-32(55-40-18-8-4-16-35(40)37-24-26-50-29-45(37)55)22-23-44(39)56-41-19-9-5-17-36(41)38-25-27-51-30-46(38)56/h1-30H. The fourth-order valence-corrected chi connectivity index (χ4v) is 8.65. The summed E-state index contributed by atoms with van der Waals surface area (Å²) in [5, 5.41) is 6.84. The van der Waals surface area contributed by atoms with Crippen LogP contribution in [-0.4, -0.2) is 38.6 Å². The minimum absolute atomic E-state index is 0.539. The summed E-state index contributed by atoms with van der Waals surface area (Å²) in [7, 11) is 0. The molecule has 0 amide bonds. The molecule has 57 heavy (non-hydrogen) atoms. The van der Waals surface area contributed by atoms with Gasteiger partial charge in [-0.05, 0) is 54.6 Å². The van der Waals surface area contributed by atoms with Gasteiger partial charge in [-0.25, -0.2) is 4.98 Å². The van der Waals surface area contributed by atoms with Crippen molar-refractivity contribution in [1.82, 2.24) is 38.6 Å². The Morgan fingerprint density at radius 2 is 0.825 bits per heavy atom. The van der Waals surface area contributed by atoms with Crippen molar-refractivity contribution in [3.8, 4) is 40.1 Å². The molecule has 8 nitrogen and oxygen atoms in total. The van der Waals surface area contributed by atoms with Crippen molar-refractivity contribution in [2.75, 3.05) is 0 Å². The predicted molar refractivity (Wildman–Crippen MR) is 229 cm³/mol. The van der Waals surface area contributed by atoms with Crippen LogP contribution in [0.4, 0.5) is 0 Å². The Labute approximate surface area is 325 Å². The molecule has 0 aliphatic carbocycles. The zero-order valence-electron chi connectivity index (χ0n) is 30.4. The van der Waals surface area contributed by atoms with Crippen molar-refractivity contribution in [3.05, 3.63) is 183 Å². The average Bonchev–Trinajstić information content (AvgIpc) is 3.92. The van der Waals surface area contributed by atoms with E-state index in [1.165, 1.54) is 0 Å². The maximum absolute atomic E-state index is 5.44.